The number of methoxy groups -OCH3 is 1. The van der Waals surface area contributed by atoms with E-state index >= 15 is 0 Å². The van der Waals surface area contributed by atoms with E-state index in [1.165, 1.54) is 12.0 Å². The van der Waals surface area contributed by atoms with Gasteiger partial charge in [-0.3, -0.25) is 4.79 Å². The van der Waals surface area contributed by atoms with Crippen LogP contribution >= 0.6 is 0 Å². The van der Waals surface area contributed by atoms with E-state index in [1.54, 1.807) is 7.05 Å². The van der Waals surface area contributed by atoms with E-state index in [1.807, 2.05) is 6.92 Å². The Bertz CT molecular complexity index is 247. The van der Waals surface area contributed by atoms with E-state index in [4.69, 9.17) is 0 Å². The summed E-state index contributed by atoms with van der Waals surface area (Å²) in [4.78, 5) is 12.9. The molecule has 1 N–H and O–H groups in total. The third kappa shape index (κ3) is 8.30. The van der Waals surface area contributed by atoms with Crippen LogP contribution in [-0.4, -0.2) is 56.9 Å². The van der Waals surface area contributed by atoms with Crippen molar-refractivity contribution in [1.29, 1.82) is 0 Å². The molecular weight excluding hydrogens is 249 g/mol. The third-order valence-corrected chi connectivity index (χ3v) is 2.40. The van der Waals surface area contributed by atoms with Crippen molar-refractivity contribution in [2.75, 3.05) is 33.8 Å². The highest BCUT2D eigenvalue weighted by Gasteiger charge is 2.28. The van der Waals surface area contributed by atoms with Crippen molar-refractivity contribution in [2.45, 2.75) is 32.0 Å². The molecule has 0 heterocycles. The number of alkyl halides is 3. The molecule has 0 fully saturated rings. The van der Waals surface area contributed by atoms with Gasteiger partial charge in [0.15, 0.2) is 0 Å². The minimum Gasteiger partial charge on any atom is -0.468 e. The minimum absolute atomic E-state index is 0.134. The number of nitrogens with zero attached hydrogens (tertiary/aromatic N) is 1. The van der Waals surface area contributed by atoms with Crippen LogP contribution in [0.25, 0.3) is 0 Å². The van der Waals surface area contributed by atoms with Gasteiger partial charge in [-0.25, -0.2) is 0 Å². The normalized spacial score (nSPS) is 13.7. The van der Waals surface area contributed by atoms with Crippen LogP contribution in [0.2, 0.25) is 0 Å². The highest BCUT2D eigenvalue weighted by atomic mass is 19.4. The molecular formula is C11H21F3N2O2. The fourth-order valence-corrected chi connectivity index (χ4v) is 1.40. The second kappa shape index (κ2) is 8.31. The summed E-state index contributed by atoms with van der Waals surface area (Å²) in [5, 5.41) is 2.95. The van der Waals surface area contributed by atoms with Crippen molar-refractivity contribution in [2.24, 2.45) is 0 Å². The summed E-state index contributed by atoms with van der Waals surface area (Å²) in [6.07, 6.45) is -4.23. The Labute approximate surface area is 105 Å². The van der Waals surface area contributed by atoms with Crippen LogP contribution in [0.1, 0.15) is 19.8 Å². The zero-order valence-corrected chi connectivity index (χ0v) is 11.0. The Morgan fingerprint density at radius 2 is 2.06 bits per heavy atom. The minimum atomic E-state index is -4.17. The number of hydrogen-bond acceptors (Lipinski definition) is 4. The van der Waals surface area contributed by atoms with Crippen LogP contribution in [0, 0.1) is 0 Å². The standard InChI is InChI=1S/C11H21F3N2O2/c1-4-6-15-9(10(17)18-3)8-16(2)7-5-11(12,13)14/h9,15H,4-8H2,1-3H3. The summed E-state index contributed by atoms with van der Waals surface area (Å²) >= 11 is 0. The van der Waals surface area contributed by atoms with Crippen LogP contribution < -0.4 is 5.32 Å². The van der Waals surface area contributed by atoms with Gasteiger partial charge in [-0.15, -0.1) is 0 Å². The molecule has 1 unspecified atom stereocenters. The Morgan fingerprint density at radius 3 is 2.50 bits per heavy atom. The van der Waals surface area contributed by atoms with Crippen molar-refractivity contribution in [3.05, 3.63) is 0 Å². The van der Waals surface area contributed by atoms with Gasteiger partial charge in [0.2, 0.25) is 0 Å². The van der Waals surface area contributed by atoms with Crippen LogP contribution in [0.5, 0.6) is 0 Å². The molecule has 0 aromatic carbocycles. The first kappa shape index (κ1) is 17.2. The second-order valence-corrected chi connectivity index (χ2v) is 4.16. The highest BCUT2D eigenvalue weighted by Crippen LogP contribution is 2.19. The number of rotatable bonds is 8. The van der Waals surface area contributed by atoms with E-state index in [9.17, 15) is 18.0 Å². The lowest BCUT2D eigenvalue weighted by Gasteiger charge is -2.23. The number of likely N-dealkylation sites (N-methyl/N-ethyl adjacent to an activating group) is 1. The monoisotopic (exact) mass is 270 g/mol. The molecule has 0 saturated carbocycles. The number of esters is 1. The molecule has 1 atom stereocenters. The SMILES string of the molecule is CCCNC(CN(C)CCC(F)(F)F)C(=O)OC. The van der Waals surface area contributed by atoms with Crippen molar-refractivity contribution in [3.8, 4) is 0 Å². The summed E-state index contributed by atoms with van der Waals surface area (Å²) in [5.41, 5.74) is 0. The maximum absolute atomic E-state index is 12.0. The van der Waals surface area contributed by atoms with Gasteiger partial charge in [-0.1, -0.05) is 6.92 Å². The first-order valence-corrected chi connectivity index (χ1v) is 5.86. The van der Waals surface area contributed by atoms with Crippen molar-refractivity contribution in [3.63, 3.8) is 0 Å². The molecule has 0 amide bonds. The van der Waals surface area contributed by atoms with E-state index < -0.39 is 24.6 Å². The largest absolute Gasteiger partial charge is 0.468 e. The molecule has 0 aliphatic heterocycles. The number of ether oxygens (including phenoxy) is 1. The number of carbonyl (C=O) groups is 1. The molecule has 0 radical (unpaired) electrons. The molecule has 0 saturated heterocycles. The van der Waals surface area contributed by atoms with E-state index in [2.05, 4.69) is 10.1 Å². The summed E-state index contributed by atoms with van der Waals surface area (Å²) in [6.45, 7) is 2.62. The first-order chi connectivity index (χ1) is 8.30. The zero-order valence-electron chi connectivity index (χ0n) is 11.0. The molecule has 0 aromatic heterocycles. The summed E-state index contributed by atoms with van der Waals surface area (Å²) in [6, 6.07) is -0.590. The molecule has 0 rings (SSSR count). The molecule has 0 aromatic rings. The molecule has 0 bridgehead atoms. The lowest BCUT2D eigenvalue weighted by atomic mass is 10.2. The second-order valence-electron chi connectivity index (χ2n) is 4.16. The van der Waals surface area contributed by atoms with Gasteiger partial charge < -0.3 is 15.0 Å². The van der Waals surface area contributed by atoms with Crippen LogP contribution in [0.3, 0.4) is 0 Å². The van der Waals surface area contributed by atoms with Crippen LogP contribution in [-0.2, 0) is 9.53 Å². The van der Waals surface area contributed by atoms with Crippen molar-refractivity contribution < 1.29 is 22.7 Å². The maximum Gasteiger partial charge on any atom is 0.390 e. The Hall–Kier alpha value is -0.820. The molecule has 0 aliphatic rings. The predicted molar refractivity (Wildman–Crippen MR) is 62.3 cm³/mol. The van der Waals surface area contributed by atoms with Crippen LogP contribution in [0.4, 0.5) is 13.2 Å². The lowest BCUT2D eigenvalue weighted by Crippen LogP contribution is -2.46. The zero-order chi connectivity index (χ0) is 14.2. The quantitative estimate of drug-likeness (QED) is 0.677. The molecule has 0 spiro atoms. The maximum atomic E-state index is 12.0. The summed E-state index contributed by atoms with van der Waals surface area (Å²) < 4.78 is 40.7. The van der Waals surface area contributed by atoms with Gasteiger partial charge >= 0.3 is 12.1 Å². The van der Waals surface area contributed by atoms with Gasteiger partial charge in [0.05, 0.1) is 13.5 Å². The molecule has 0 aliphatic carbocycles. The van der Waals surface area contributed by atoms with Gasteiger partial charge in [0, 0.05) is 13.1 Å². The third-order valence-electron chi connectivity index (χ3n) is 2.40. The van der Waals surface area contributed by atoms with Crippen molar-refractivity contribution >= 4 is 5.97 Å². The molecule has 18 heavy (non-hydrogen) atoms. The van der Waals surface area contributed by atoms with Crippen LogP contribution in [0.15, 0.2) is 0 Å². The van der Waals surface area contributed by atoms with Crippen molar-refractivity contribution in [1.82, 2.24) is 10.2 Å². The summed E-state index contributed by atoms with van der Waals surface area (Å²) in [5.74, 6) is -0.456. The Kier molecular flexibility index (Phi) is 7.93. The molecule has 4 nitrogen and oxygen atoms in total. The van der Waals surface area contributed by atoms with Gasteiger partial charge in [-0.05, 0) is 20.0 Å². The van der Waals surface area contributed by atoms with E-state index in [0.29, 0.717) is 6.54 Å². The average molecular weight is 270 g/mol. The lowest BCUT2D eigenvalue weighted by molar-refractivity contribution is -0.144. The number of carbonyl (C=O) groups excluding carboxylic acids is 1. The van der Waals surface area contributed by atoms with E-state index in [-0.39, 0.29) is 13.1 Å². The fraction of sp³-hybridized carbons (Fsp3) is 0.909. The summed E-state index contributed by atoms with van der Waals surface area (Å²) in [7, 11) is 2.81. The number of nitrogens with one attached hydrogen (secondary N) is 1. The highest BCUT2D eigenvalue weighted by molar-refractivity contribution is 5.75. The average Bonchev–Trinajstić information content (AvgIpc) is 2.30. The van der Waals surface area contributed by atoms with E-state index in [0.717, 1.165) is 6.42 Å². The van der Waals surface area contributed by atoms with Gasteiger partial charge in [0.25, 0.3) is 0 Å². The molecule has 7 heteroatoms. The molecule has 108 valence electrons. The predicted octanol–water partition coefficient (Wildman–Crippen LogP) is 1.41. The van der Waals surface area contributed by atoms with Gasteiger partial charge in [0.1, 0.15) is 6.04 Å². The first-order valence-electron chi connectivity index (χ1n) is 5.86. The Balaban J connectivity index is 4.17. The number of hydrogen-bond donors (Lipinski definition) is 1. The smallest absolute Gasteiger partial charge is 0.390 e. The number of halogens is 3. The topological polar surface area (TPSA) is 41.6 Å². The van der Waals surface area contributed by atoms with Gasteiger partial charge in [-0.2, -0.15) is 13.2 Å². The Morgan fingerprint density at radius 1 is 1.44 bits per heavy atom. The fourth-order valence-electron chi connectivity index (χ4n) is 1.40.